The molecule has 1 saturated heterocycles. The maximum Gasteiger partial charge on any atom is 0.287 e. The minimum Gasteiger partial charge on any atom is -0.459 e. The third kappa shape index (κ3) is 5.70. The van der Waals surface area contributed by atoms with Crippen LogP contribution >= 0.6 is 0 Å². The predicted octanol–water partition coefficient (Wildman–Crippen LogP) is 4.68. The third-order valence-corrected chi connectivity index (χ3v) is 6.48. The number of benzene rings is 1. The molecule has 2 aromatic heterocycles. The van der Waals surface area contributed by atoms with Gasteiger partial charge in [0.1, 0.15) is 6.23 Å². The van der Waals surface area contributed by atoms with Gasteiger partial charge in [0.2, 0.25) is 0 Å². The molecule has 1 aliphatic heterocycles. The van der Waals surface area contributed by atoms with Crippen LogP contribution in [-0.4, -0.2) is 39.7 Å². The van der Waals surface area contributed by atoms with E-state index in [1.54, 1.807) is 18.3 Å². The number of carbonyl (C=O) groups excluding carboxylic acids is 1. The summed E-state index contributed by atoms with van der Waals surface area (Å²) in [5, 5.41) is 14.6. The van der Waals surface area contributed by atoms with Gasteiger partial charge in [-0.25, -0.2) is 0 Å². The SMILES string of the molecule is CC(C)c1ccc(C[C@H](NC(=O)c2ccco2)C(O)N2CCCC[C@@H]2c2cccnc2)cc1. The molecule has 0 aliphatic carbocycles. The van der Waals surface area contributed by atoms with Gasteiger partial charge >= 0.3 is 0 Å². The summed E-state index contributed by atoms with van der Waals surface area (Å²) in [5.74, 6) is 0.371. The lowest BCUT2D eigenvalue weighted by Crippen LogP contribution is -2.54. The van der Waals surface area contributed by atoms with Crippen LogP contribution in [0.25, 0.3) is 0 Å². The summed E-state index contributed by atoms with van der Waals surface area (Å²) in [7, 11) is 0. The summed E-state index contributed by atoms with van der Waals surface area (Å²) in [5.41, 5.74) is 3.43. The van der Waals surface area contributed by atoms with Crippen LogP contribution in [0.4, 0.5) is 0 Å². The summed E-state index contributed by atoms with van der Waals surface area (Å²) in [6, 6.07) is 15.3. The highest BCUT2D eigenvalue weighted by molar-refractivity contribution is 5.91. The summed E-state index contributed by atoms with van der Waals surface area (Å²) in [6.07, 6.45) is 7.84. The topological polar surface area (TPSA) is 78.6 Å². The number of furan rings is 1. The minimum atomic E-state index is -0.848. The zero-order valence-electron chi connectivity index (χ0n) is 19.4. The van der Waals surface area contributed by atoms with Crippen molar-refractivity contribution >= 4 is 5.91 Å². The third-order valence-electron chi connectivity index (χ3n) is 6.48. The van der Waals surface area contributed by atoms with Gasteiger partial charge in [0.15, 0.2) is 5.76 Å². The van der Waals surface area contributed by atoms with Crippen LogP contribution < -0.4 is 5.32 Å². The molecule has 6 nitrogen and oxygen atoms in total. The maximum atomic E-state index is 12.8. The predicted molar refractivity (Wildman–Crippen MR) is 128 cm³/mol. The molecule has 1 unspecified atom stereocenters. The zero-order chi connectivity index (χ0) is 23.2. The first-order valence-electron chi connectivity index (χ1n) is 11.8. The highest BCUT2D eigenvalue weighted by Crippen LogP contribution is 2.32. The molecule has 0 saturated carbocycles. The number of rotatable bonds is 8. The molecule has 1 amide bonds. The largest absolute Gasteiger partial charge is 0.459 e. The molecule has 1 aromatic carbocycles. The zero-order valence-corrected chi connectivity index (χ0v) is 19.4. The normalized spacial score (nSPS) is 18.7. The first-order chi connectivity index (χ1) is 16.0. The van der Waals surface area contributed by atoms with Crippen molar-refractivity contribution in [1.82, 2.24) is 15.2 Å². The van der Waals surface area contributed by atoms with Crippen LogP contribution in [0.5, 0.6) is 0 Å². The number of nitrogens with zero attached hydrogens (tertiary/aromatic N) is 2. The number of aliphatic hydroxyl groups excluding tert-OH is 1. The van der Waals surface area contributed by atoms with Crippen molar-refractivity contribution in [2.45, 2.75) is 63.8 Å². The molecule has 3 atom stereocenters. The Bertz CT molecular complexity index is 1000. The van der Waals surface area contributed by atoms with Crippen LogP contribution in [-0.2, 0) is 6.42 Å². The Balaban J connectivity index is 1.58. The highest BCUT2D eigenvalue weighted by Gasteiger charge is 2.34. The number of hydrogen-bond acceptors (Lipinski definition) is 5. The Kier molecular flexibility index (Phi) is 7.57. The molecule has 6 heteroatoms. The molecule has 0 bridgehead atoms. The second-order valence-corrected chi connectivity index (χ2v) is 9.11. The van der Waals surface area contributed by atoms with E-state index in [1.807, 2.05) is 12.3 Å². The first-order valence-corrected chi connectivity index (χ1v) is 11.8. The average Bonchev–Trinajstić information content (AvgIpc) is 3.39. The van der Waals surface area contributed by atoms with Gasteiger partial charge in [0.05, 0.1) is 12.3 Å². The molecule has 2 N–H and O–H groups in total. The fourth-order valence-electron chi connectivity index (χ4n) is 4.60. The Hall–Kier alpha value is -2.96. The number of likely N-dealkylation sites (tertiary alicyclic amines) is 1. The number of piperidine rings is 1. The van der Waals surface area contributed by atoms with E-state index in [4.69, 9.17) is 4.42 Å². The summed E-state index contributed by atoms with van der Waals surface area (Å²) in [4.78, 5) is 19.2. The smallest absolute Gasteiger partial charge is 0.287 e. The lowest BCUT2D eigenvalue weighted by molar-refractivity contribution is -0.0623. The Morgan fingerprint density at radius 3 is 2.67 bits per heavy atom. The average molecular weight is 448 g/mol. The van der Waals surface area contributed by atoms with E-state index in [-0.39, 0.29) is 17.7 Å². The van der Waals surface area contributed by atoms with Gasteiger partial charge in [-0.1, -0.05) is 50.6 Å². The molecule has 1 fully saturated rings. The Labute approximate surface area is 195 Å². The summed E-state index contributed by atoms with van der Waals surface area (Å²) < 4.78 is 5.29. The molecule has 33 heavy (non-hydrogen) atoms. The van der Waals surface area contributed by atoms with Gasteiger partial charge in [-0.05, 0) is 60.1 Å². The van der Waals surface area contributed by atoms with Crippen molar-refractivity contribution in [3.05, 3.63) is 89.6 Å². The van der Waals surface area contributed by atoms with E-state index in [2.05, 4.69) is 59.4 Å². The molecule has 1 aliphatic rings. The minimum absolute atomic E-state index is 0.0637. The molecule has 0 radical (unpaired) electrons. The number of carbonyl (C=O) groups is 1. The van der Waals surface area contributed by atoms with E-state index in [0.717, 1.165) is 36.9 Å². The molecular formula is C27H33N3O3. The van der Waals surface area contributed by atoms with E-state index in [1.165, 1.54) is 11.8 Å². The standard InChI is InChI=1S/C27H33N3O3/c1-19(2)21-12-10-20(11-13-21)17-23(29-26(31)25-9-6-16-33-25)27(32)30-15-4-3-8-24(30)22-7-5-14-28-18-22/h5-7,9-14,16,18-19,23-24,27,32H,3-4,8,15,17H2,1-2H3,(H,29,31)/t23-,24+,27?/m0/s1. The highest BCUT2D eigenvalue weighted by atomic mass is 16.3. The van der Waals surface area contributed by atoms with Gasteiger partial charge in [0.25, 0.3) is 5.91 Å². The number of aromatic nitrogens is 1. The lowest BCUT2D eigenvalue weighted by atomic mass is 9.93. The van der Waals surface area contributed by atoms with Crippen LogP contribution in [0, 0.1) is 0 Å². The number of nitrogens with one attached hydrogen (secondary N) is 1. The number of hydrogen-bond donors (Lipinski definition) is 2. The summed E-state index contributed by atoms with van der Waals surface area (Å²) >= 11 is 0. The van der Waals surface area contributed by atoms with Crippen molar-refractivity contribution in [2.24, 2.45) is 0 Å². The number of aliphatic hydroxyl groups is 1. The van der Waals surface area contributed by atoms with Gasteiger partial charge < -0.3 is 14.8 Å². The molecule has 3 aromatic rings. The molecule has 3 heterocycles. The van der Waals surface area contributed by atoms with Crippen LogP contribution in [0.1, 0.15) is 72.3 Å². The van der Waals surface area contributed by atoms with Gasteiger partial charge in [-0.3, -0.25) is 14.7 Å². The van der Waals surface area contributed by atoms with Crippen LogP contribution in [0.3, 0.4) is 0 Å². The molecule has 4 rings (SSSR count). The molecule has 0 spiro atoms. The molecule has 174 valence electrons. The van der Waals surface area contributed by atoms with Crippen molar-refractivity contribution in [2.75, 3.05) is 6.54 Å². The Morgan fingerprint density at radius 2 is 2.00 bits per heavy atom. The van der Waals surface area contributed by atoms with E-state index in [0.29, 0.717) is 12.3 Å². The van der Waals surface area contributed by atoms with Crippen molar-refractivity contribution in [3.8, 4) is 0 Å². The van der Waals surface area contributed by atoms with E-state index >= 15 is 0 Å². The van der Waals surface area contributed by atoms with Crippen LogP contribution in [0.15, 0.2) is 71.6 Å². The second kappa shape index (κ2) is 10.8. The van der Waals surface area contributed by atoms with E-state index in [9.17, 15) is 9.90 Å². The van der Waals surface area contributed by atoms with E-state index < -0.39 is 12.3 Å². The Morgan fingerprint density at radius 1 is 1.18 bits per heavy atom. The lowest BCUT2D eigenvalue weighted by Gasteiger charge is -2.42. The monoisotopic (exact) mass is 447 g/mol. The van der Waals surface area contributed by atoms with Crippen molar-refractivity contribution in [3.63, 3.8) is 0 Å². The first kappa shape index (κ1) is 23.2. The summed E-state index contributed by atoms with van der Waals surface area (Å²) in [6.45, 7) is 5.10. The molecular weight excluding hydrogens is 414 g/mol. The maximum absolute atomic E-state index is 12.8. The number of amides is 1. The fraction of sp³-hybridized carbons (Fsp3) is 0.407. The second-order valence-electron chi connectivity index (χ2n) is 9.11. The number of pyridine rings is 1. The van der Waals surface area contributed by atoms with Gasteiger partial charge in [-0.2, -0.15) is 0 Å². The quantitative estimate of drug-likeness (QED) is 0.524. The van der Waals surface area contributed by atoms with Gasteiger partial charge in [0, 0.05) is 25.0 Å². The van der Waals surface area contributed by atoms with Crippen molar-refractivity contribution < 1.29 is 14.3 Å². The van der Waals surface area contributed by atoms with Crippen LogP contribution in [0.2, 0.25) is 0 Å². The van der Waals surface area contributed by atoms with Gasteiger partial charge in [-0.15, -0.1) is 0 Å². The fourth-order valence-corrected chi connectivity index (χ4v) is 4.60. The van der Waals surface area contributed by atoms with Crippen molar-refractivity contribution in [1.29, 1.82) is 0 Å².